The third-order valence-electron chi connectivity index (χ3n) is 2.83. The van der Waals surface area contributed by atoms with Crippen molar-refractivity contribution in [3.8, 4) is 0 Å². The molecule has 0 spiro atoms. The van der Waals surface area contributed by atoms with Gasteiger partial charge in [-0.3, -0.25) is 4.99 Å². The van der Waals surface area contributed by atoms with Gasteiger partial charge in [0.25, 0.3) is 0 Å². The molecule has 1 aliphatic heterocycles. The summed E-state index contributed by atoms with van der Waals surface area (Å²) in [4.78, 5) is 4.25. The smallest absolute Gasteiger partial charge is 0.191 e. The molecule has 0 aliphatic carbocycles. The maximum Gasteiger partial charge on any atom is 0.191 e. The van der Waals surface area contributed by atoms with Crippen molar-refractivity contribution in [1.82, 2.24) is 10.6 Å². The zero-order valence-electron chi connectivity index (χ0n) is 10.4. The molecule has 1 aromatic rings. The van der Waals surface area contributed by atoms with Crippen molar-refractivity contribution in [2.24, 2.45) is 4.99 Å². The summed E-state index contributed by atoms with van der Waals surface area (Å²) in [7, 11) is 1.82. The predicted octanol–water partition coefficient (Wildman–Crippen LogP) is 3.07. The van der Waals surface area contributed by atoms with Crippen molar-refractivity contribution in [1.29, 1.82) is 0 Å². The van der Waals surface area contributed by atoms with Crippen LogP contribution in [0.5, 0.6) is 0 Å². The average Bonchev–Trinajstić information content (AvgIpc) is 3.01. The zero-order valence-corrected chi connectivity index (χ0v) is 13.6. The van der Waals surface area contributed by atoms with Crippen LogP contribution in [-0.2, 0) is 6.54 Å². The fraction of sp³-hybridized carbons (Fsp3) is 0.583. The third kappa shape index (κ3) is 4.48. The molecule has 2 N–H and O–H groups in total. The summed E-state index contributed by atoms with van der Waals surface area (Å²) in [6.07, 6.45) is 2.68. The lowest BCUT2D eigenvalue weighted by molar-refractivity contribution is 0.726. The van der Waals surface area contributed by atoms with Crippen LogP contribution < -0.4 is 10.6 Å². The van der Waals surface area contributed by atoms with Crippen molar-refractivity contribution in [3.63, 3.8) is 0 Å². The van der Waals surface area contributed by atoms with Gasteiger partial charge in [0.05, 0.1) is 3.79 Å². The Morgan fingerprint density at radius 1 is 1.56 bits per heavy atom. The molecule has 2 rings (SSSR count). The number of nitrogens with zero attached hydrogens (tertiary/aromatic N) is 1. The van der Waals surface area contributed by atoms with Gasteiger partial charge in [-0.25, -0.2) is 0 Å². The van der Waals surface area contributed by atoms with Crippen LogP contribution in [0.2, 0.25) is 0 Å². The minimum absolute atomic E-state index is 0.749. The Labute approximate surface area is 125 Å². The highest BCUT2D eigenvalue weighted by Crippen LogP contribution is 2.25. The second-order valence-corrected chi connectivity index (χ2v) is 7.90. The topological polar surface area (TPSA) is 36.4 Å². The van der Waals surface area contributed by atoms with E-state index in [9.17, 15) is 0 Å². The predicted molar refractivity (Wildman–Crippen MR) is 85.7 cm³/mol. The number of guanidine groups is 1. The number of thiophene rings is 1. The summed E-state index contributed by atoms with van der Waals surface area (Å²) in [5, 5.41) is 9.64. The highest BCUT2D eigenvalue weighted by atomic mass is 79.9. The second kappa shape index (κ2) is 7.40. The van der Waals surface area contributed by atoms with E-state index in [4.69, 9.17) is 0 Å². The van der Waals surface area contributed by atoms with Gasteiger partial charge in [0.1, 0.15) is 0 Å². The first kappa shape index (κ1) is 14.2. The molecule has 100 valence electrons. The van der Waals surface area contributed by atoms with Gasteiger partial charge in [-0.15, -0.1) is 11.3 Å². The SMILES string of the molecule is CN=C(NCc1csc(Br)c1)NCC1CCCS1. The fourth-order valence-corrected chi connectivity index (χ4v) is 4.27. The van der Waals surface area contributed by atoms with Crippen LogP contribution in [-0.4, -0.2) is 30.6 Å². The quantitative estimate of drug-likeness (QED) is 0.649. The molecule has 0 bridgehead atoms. The molecule has 0 aromatic carbocycles. The summed E-state index contributed by atoms with van der Waals surface area (Å²) < 4.78 is 1.17. The Kier molecular flexibility index (Phi) is 5.85. The first-order chi connectivity index (χ1) is 8.78. The minimum Gasteiger partial charge on any atom is -0.355 e. The van der Waals surface area contributed by atoms with Crippen LogP contribution in [0.4, 0.5) is 0 Å². The van der Waals surface area contributed by atoms with Crippen LogP contribution >= 0.6 is 39.0 Å². The third-order valence-corrected chi connectivity index (χ3v) is 5.78. The van der Waals surface area contributed by atoms with Crippen LogP contribution in [0, 0.1) is 0 Å². The van der Waals surface area contributed by atoms with E-state index in [1.807, 2.05) is 7.05 Å². The van der Waals surface area contributed by atoms with Gasteiger partial charge in [0.15, 0.2) is 5.96 Å². The normalized spacial score (nSPS) is 20.1. The van der Waals surface area contributed by atoms with Gasteiger partial charge in [-0.2, -0.15) is 11.8 Å². The number of thioether (sulfide) groups is 1. The van der Waals surface area contributed by atoms with E-state index in [2.05, 4.69) is 54.8 Å². The van der Waals surface area contributed by atoms with Crippen molar-refractivity contribution in [2.45, 2.75) is 24.6 Å². The van der Waals surface area contributed by atoms with Gasteiger partial charge >= 0.3 is 0 Å². The van der Waals surface area contributed by atoms with Crippen molar-refractivity contribution < 1.29 is 0 Å². The molecule has 3 nitrogen and oxygen atoms in total. The van der Waals surface area contributed by atoms with E-state index in [0.717, 1.165) is 24.3 Å². The number of hydrogen-bond donors (Lipinski definition) is 2. The molecule has 1 saturated heterocycles. The highest BCUT2D eigenvalue weighted by molar-refractivity contribution is 9.11. The monoisotopic (exact) mass is 347 g/mol. The number of aliphatic imine (C=N–C) groups is 1. The molecule has 0 saturated carbocycles. The van der Waals surface area contributed by atoms with Gasteiger partial charge < -0.3 is 10.6 Å². The van der Waals surface area contributed by atoms with E-state index in [0.29, 0.717) is 0 Å². The van der Waals surface area contributed by atoms with E-state index in [-0.39, 0.29) is 0 Å². The first-order valence-electron chi connectivity index (χ1n) is 6.07. The van der Waals surface area contributed by atoms with E-state index in [1.165, 1.54) is 27.9 Å². The summed E-state index contributed by atoms with van der Waals surface area (Å²) in [5.74, 6) is 2.20. The van der Waals surface area contributed by atoms with E-state index >= 15 is 0 Å². The number of nitrogens with one attached hydrogen (secondary N) is 2. The molecular formula is C12H18BrN3S2. The molecule has 1 unspecified atom stereocenters. The number of halogens is 1. The average molecular weight is 348 g/mol. The summed E-state index contributed by atoms with van der Waals surface area (Å²) in [6, 6.07) is 2.14. The highest BCUT2D eigenvalue weighted by Gasteiger charge is 2.15. The fourth-order valence-electron chi connectivity index (χ4n) is 1.86. The van der Waals surface area contributed by atoms with Gasteiger partial charge in [0, 0.05) is 25.4 Å². The molecular weight excluding hydrogens is 330 g/mol. The lowest BCUT2D eigenvalue weighted by Gasteiger charge is -2.14. The molecule has 18 heavy (non-hydrogen) atoms. The van der Waals surface area contributed by atoms with Gasteiger partial charge in [-0.1, -0.05) is 0 Å². The summed E-state index contributed by atoms with van der Waals surface area (Å²) >= 11 is 7.25. The standard InChI is InChI=1S/C12H18BrN3S2/c1-14-12(16-7-10-3-2-4-17-10)15-6-9-5-11(13)18-8-9/h5,8,10H,2-4,6-7H2,1H3,(H2,14,15,16). The van der Waals surface area contributed by atoms with Crippen LogP contribution in [0.3, 0.4) is 0 Å². The first-order valence-corrected chi connectivity index (χ1v) is 8.79. The van der Waals surface area contributed by atoms with E-state index in [1.54, 1.807) is 11.3 Å². The number of rotatable bonds is 4. The largest absolute Gasteiger partial charge is 0.355 e. The molecule has 1 atom stereocenters. The maximum absolute atomic E-state index is 4.25. The number of hydrogen-bond acceptors (Lipinski definition) is 3. The second-order valence-electron chi connectivity index (χ2n) is 4.20. The Morgan fingerprint density at radius 2 is 2.44 bits per heavy atom. The lowest BCUT2D eigenvalue weighted by Crippen LogP contribution is -2.39. The van der Waals surface area contributed by atoms with Crippen molar-refractivity contribution >= 4 is 45.0 Å². The zero-order chi connectivity index (χ0) is 12.8. The molecule has 1 fully saturated rings. The van der Waals surface area contributed by atoms with E-state index < -0.39 is 0 Å². The molecule has 1 aromatic heterocycles. The van der Waals surface area contributed by atoms with Crippen molar-refractivity contribution in [3.05, 3.63) is 20.8 Å². The summed E-state index contributed by atoms with van der Waals surface area (Å²) in [6.45, 7) is 1.83. The molecule has 0 amide bonds. The van der Waals surface area contributed by atoms with Crippen molar-refractivity contribution in [2.75, 3.05) is 19.3 Å². The maximum atomic E-state index is 4.25. The Balaban J connectivity index is 1.72. The molecule has 6 heteroatoms. The Bertz CT molecular complexity index is 400. The Hall–Kier alpha value is -0.200. The van der Waals surface area contributed by atoms with Crippen LogP contribution in [0.15, 0.2) is 20.2 Å². The van der Waals surface area contributed by atoms with Crippen LogP contribution in [0.1, 0.15) is 18.4 Å². The Morgan fingerprint density at radius 3 is 3.06 bits per heavy atom. The molecule has 1 aliphatic rings. The minimum atomic E-state index is 0.749. The summed E-state index contributed by atoms with van der Waals surface area (Å²) in [5.41, 5.74) is 1.28. The van der Waals surface area contributed by atoms with Gasteiger partial charge in [-0.05, 0) is 51.5 Å². The van der Waals surface area contributed by atoms with Crippen LogP contribution in [0.25, 0.3) is 0 Å². The molecule has 2 heterocycles. The van der Waals surface area contributed by atoms with Gasteiger partial charge in [0.2, 0.25) is 0 Å². The molecule has 0 radical (unpaired) electrons. The lowest BCUT2D eigenvalue weighted by atomic mass is 10.2.